The van der Waals surface area contributed by atoms with Crippen LogP contribution in [-0.4, -0.2) is 33.6 Å². The summed E-state index contributed by atoms with van der Waals surface area (Å²) in [5.41, 5.74) is 3.61. The quantitative estimate of drug-likeness (QED) is 0.476. The van der Waals surface area contributed by atoms with E-state index in [1.54, 1.807) is 24.1 Å². The van der Waals surface area contributed by atoms with Gasteiger partial charge in [0.15, 0.2) is 0 Å². The van der Waals surface area contributed by atoms with E-state index in [1.165, 1.54) is 17.7 Å². The summed E-state index contributed by atoms with van der Waals surface area (Å²) in [6.45, 7) is 3.06. The summed E-state index contributed by atoms with van der Waals surface area (Å²) in [6, 6.07) is 11.3. The van der Waals surface area contributed by atoms with Gasteiger partial charge in [0, 0.05) is 32.4 Å². The molecule has 7 heteroatoms. The summed E-state index contributed by atoms with van der Waals surface area (Å²) in [5, 5.41) is 21.4. The molecule has 1 heterocycles. The summed E-state index contributed by atoms with van der Waals surface area (Å²) in [4.78, 5) is 0. The number of aliphatic hydroxyl groups excluding tert-OH is 1. The molecule has 1 aromatic heterocycles. The van der Waals surface area contributed by atoms with Gasteiger partial charge in [0.25, 0.3) is 0 Å². The lowest BCUT2D eigenvalue weighted by Gasteiger charge is -2.25. The van der Waals surface area contributed by atoms with Gasteiger partial charge in [-0.1, -0.05) is 31.2 Å². The largest absolute Gasteiger partial charge is 0.390 e. The lowest BCUT2D eigenvalue weighted by Crippen LogP contribution is -2.42. The molecule has 0 fully saturated rings. The standard InChI is InChI=1S/C23H28F2N4O/c1-3-16-5-4-6-17(7-16)12-26-14-23(30)22(28-21-13-27-29(2)15-21)10-18-8-19(24)11-20(25)9-18/h4-9,11,13,15,22-23,26,28,30H,3,10,12,14H2,1-2H3/t22-,23+/m0/s1. The van der Waals surface area contributed by atoms with Crippen molar-refractivity contribution in [3.8, 4) is 0 Å². The van der Waals surface area contributed by atoms with Crippen LogP contribution in [0, 0.1) is 11.6 Å². The molecule has 0 amide bonds. The molecule has 160 valence electrons. The van der Waals surface area contributed by atoms with Crippen molar-refractivity contribution < 1.29 is 13.9 Å². The number of anilines is 1. The fraction of sp³-hybridized carbons (Fsp3) is 0.348. The van der Waals surface area contributed by atoms with Crippen molar-refractivity contribution >= 4 is 5.69 Å². The maximum absolute atomic E-state index is 13.6. The maximum atomic E-state index is 13.6. The zero-order valence-electron chi connectivity index (χ0n) is 17.3. The second-order valence-corrected chi connectivity index (χ2v) is 7.51. The number of hydrogen-bond acceptors (Lipinski definition) is 4. The van der Waals surface area contributed by atoms with Crippen LogP contribution in [0.2, 0.25) is 0 Å². The van der Waals surface area contributed by atoms with E-state index in [0.29, 0.717) is 18.7 Å². The van der Waals surface area contributed by atoms with Crippen molar-refractivity contribution in [3.05, 3.63) is 83.2 Å². The van der Waals surface area contributed by atoms with Crippen LogP contribution in [0.4, 0.5) is 14.5 Å². The van der Waals surface area contributed by atoms with Crippen molar-refractivity contribution in [3.63, 3.8) is 0 Å². The zero-order valence-corrected chi connectivity index (χ0v) is 17.3. The normalized spacial score (nSPS) is 13.2. The molecule has 0 radical (unpaired) electrons. The van der Waals surface area contributed by atoms with Crippen LogP contribution in [0.15, 0.2) is 54.9 Å². The van der Waals surface area contributed by atoms with E-state index in [4.69, 9.17) is 0 Å². The number of rotatable bonds is 10. The maximum Gasteiger partial charge on any atom is 0.126 e. The third-order valence-corrected chi connectivity index (χ3v) is 4.98. The predicted octanol–water partition coefficient (Wildman–Crippen LogP) is 3.43. The molecule has 0 unspecified atom stereocenters. The Morgan fingerprint density at radius 1 is 1.07 bits per heavy atom. The zero-order chi connectivity index (χ0) is 21.5. The van der Waals surface area contributed by atoms with Crippen LogP contribution < -0.4 is 10.6 Å². The van der Waals surface area contributed by atoms with Gasteiger partial charge in [-0.2, -0.15) is 5.10 Å². The minimum atomic E-state index is -0.786. The van der Waals surface area contributed by atoms with Gasteiger partial charge < -0.3 is 15.7 Å². The molecule has 0 bridgehead atoms. The Bertz CT molecular complexity index is 940. The summed E-state index contributed by atoms with van der Waals surface area (Å²) in [7, 11) is 1.80. The van der Waals surface area contributed by atoms with Crippen LogP contribution in [0.25, 0.3) is 0 Å². The lowest BCUT2D eigenvalue weighted by atomic mass is 10.0. The second kappa shape index (κ2) is 10.3. The van der Waals surface area contributed by atoms with E-state index in [0.717, 1.165) is 23.7 Å². The summed E-state index contributed by atoms with van der Waals surface area (Å²) < 4.78 is 28.9. The Hall–Kier alpha value is -2.77. The number of aryl methyl sites for hydroxylation is 2. The van der Waals surface area contributed by atoms with Gasteiger partial charge >= 0.3 is 0 Å². The fourth-order valence-corrected chi connectivity index (χ4v) is 3.44. The first-order valence-electron chi connectivity index (χ1n) is 10.1. The molecule has 2 aromatic carbocycles. The van der Waals surface area contributed by atoms with Crippen LogP contribution >= 0.6 is 0 Å². The number of halogens is 2. The van der Waals surface area contributed by atoms with Gasteiger partial charge in [0.05, 0.1) is 24.0 Å². The first kappa shape index (κ1) is 21.9. The second-order valence-electron chi connectivity index (χ2n) is 7.51. The summed E-state index contributed by atoms with van der Waals surface area (Å²) >= 11 is 0. The smallest absolute Gasteiger partial charge is 0.126 e. The Kier molecular flexibility index (Phi) is 7.54. The average Bonchev–Trinajstić information content (AvgIpc) is 3.11. The molecule has 0 aliphatic rings. The fourth-order valence-electron chi connectivity index (χ4n) is 3.44. The predicted molar refractivity (Wildman–Crippen MR) is 114 cm³/mol. The molecule has 2 atom stereocenters. The van der Waals surface area contributed by atoms with Gasteiger partial charge in [-0.25, -0.2) is 8.78 Å². The first-order chi connectivity index (χ1) is 14.4. The van der Waals surface area contributed by atoms with E-state index in [2.05, 4.69) is 34.8 Å². The highest BCUT2D eigenvalue weighted by Crippen LogP contribution is 2.16. The van der Waals surface area contributed by atoms with Gasteiger partial charge in [-0.15, -0.1) is 0 Å². The van der Waals surface area contributed by atoms with Crippen molar-refractivity contribution in [2.24, 2.45) is 7.05 Å². The Balaban J connectivity index is 1.66. The number of aliphatic hydroxyl groups is 1. The average molecular weight is 415 g/mol. The van der Waals surface area contributed by atoms with Crippen LogP contribution in [0.3, 0.4) is 0 Å². The Labute approximate surface area is 175 Å². The van der Waals surface area contributed by atoms with Crippen molar-refractivity contribution in [1.29, 1.82) is 0 Å². The van der Waals surface area contributed by atoms with E-state index >= 15 is 0 Å². The van der Waals surface area contributed by atoms with Gasteiger partial charge in [0.1, 0.15) is 11.6 Å². The monoisotopic (exact) mass is 414 g/mol. The highest BCUT2D eigenvalue weighted by molar-refractivity contribution is 5.40. The SMILES string of the molecule is CCc1cccc(CNC[C@@H](O)[C@H](Cc2cc(F)cc(F)c2)Nc2cnn(C)c2)c1. The minimum absolute atomic E-state index is 0.262. The highest BCUT2D eigenvalue weighted by atomic mass is 19.1. The molecule has 0 spiro atoms. The Morgan fingerprint density at radius 3 is 2.47 bits per heavy atom. The lowest BCUT2D eigenvalue weighted by molar-refractivity contribution is 0.148. The number of hydrogen-bond donors (Lipinski definition) is 3. The number of aromatic nitrogens is 2. The molecule has 5 nitrogen and oxygen atoms in total. The minimum Gasteiger partial charge on any atom is -0.390 e. The molecule has 3 aromatic rings. The van der Waals surface area contributed by atoms with E-state index in [-0.39, 0.29) is 6.42 Å². The molecule has 0 aliphatic heterocycles. The number of nitrogens with one attached hydrogen (secondary N) is 2. The summed E-state index contributed by atoms with van der Waals surface area (Å²) in [6.07, 6.45) is 3.88. The van der Waals surface area contributed by atoms with Gasteiger partial charge in [0.2, 0.25) is 0 Å². The van der Waals surface area contributed by atoms with Gasteiger partial charge in [-0.05, 0) is 41.7 Å². The topological polar surface area (TPSA) is 62.1 Å². The molecular weight excluding hydrogens is 386 g/mol. The van der Waals surface area contributed by atoms with E-state index < -0.39 is 23.8 Å². The van der Waals surface area contributed by atoms with Crippen LogP contribution in [0.5, 0.6) is 0 Å². The number of benzene rings is 2. The highest BCUT2D eigenvalue weighted by Gasteiger charge is 2.21. The first-order valence-corrected chi connectivity index (χ1v) is 10.1. The molecule has 3 N–H and O–H groups in total. The molecule has 30 heavy (non-hydrogen) atoms. The van der Waals surface area contributed by atoms with E-state index in [9.17, 15) is 13.9 Å². The molecule has 0 saturated carbocycles. The van der Waals surface area contributed by atoms with Crippen LogP contribution in [-0.2, 0) is 26.4 Å². The molecular formula is C23H28F2N4O. The third kappa shape index (κ3) is 6.37. The molecule has 0 aliphatic carbocycles. The number of nitrogens with zero attached hydrogens (tertiary/aromatic N) is 2. The summed E-state index contributed by atoms with van der Waals surface area (Å²) in [5.74, 6) is -1.26. The third-order valence-electron chi connectivity index (χ3n) is 4.98. The van der Waals surface area contributed by atoms with E-state index in [1.807, 2.05) is 12.1 Å². The molecule has 3 rings (SSSR count). The molecule has 0 saturated heterocycles. The van der Waals surface area contributed by atoms with Crippen molar-refractivity contribution in [2.75, 3.05) is 11.9 Å². The van der Waals surface area contributed by atoms with Crippen molar-refractivity contribution in [1.82, 2.24) is 15.1 Å². The Morgan fingerprint density at radius 2 is 1.80 bits per heavy atom. The van der Waals surface area contributed by atoms with Gasteiger partial charge in [-0.3, -0.25) is 4.68 Å². The van der Waals surface area contributed by atoms with Crippen LogP contribution in [0.1, 0.15) is 23.6 Å². The van der Waals surface area contributed by atoms with Crippen molar-refractivity contribution in [2.45, 2.75) is 38.5 Å².